The minimum Gasteiger partial charge on any atom is -0.467 e. The number of benzene rings is 2. The number of esters is 1. The maximum Gasteiger partial charge on any atom is 0.332 e. The number of carbonyl (C=O) groups excluding carboxylic acids is 2. The zero-order valence-electron chi connectivity index (χ0n) is 18.9. The summed E-state index contributed by atoms with van der Waals surface area (Å²) in [6.45, 7) is 7.48. The number of rotatable bonds is 6. The average molecular weight is 441 g/mol. The molecule has 0 saturated carbocycles. The molecule has 1 unspecified atom stereocenters. The highest BCUT2D eigenvalue weighted by Crippen LogP contribution is 2.37. The van der Waals surface area contributed by atoms with E-state index in [1.807, 2.05) is 12.1 Å². The van der Waals surface area contributed by atoms with Gasteiger partial charge in [-0.1, -0.05) is 81.4 Å². The Kier molecular flexibility index (Phi) is 6.98. The van der Waals surface area contributed by atoms with Gasteiger partial charge in [-0.25, -0.2) is 4.79 Å². The molecule has 2 aromatic carbocycles. The van der Waals surface area contributed by atoms with Crippen molar-refractivity contribution in [3.05, 3.63) is 60.7 Å². The van der Waals surface area contributed by atoms with Crippen LogP contribution in [-0.4, -0.2) is 64.5 Å². The number of nitrogens with one attached hydrogen (secondary N) is 1. The van der Waals surface area contributed by atoms with E-state index >= 15 is 0 Å². The van der Waals surface area contributed by atoms with Crippen LogP contribution >= 0.6 is 0 Å². The number of amides is 1. The first kappa shape index (κ1) is 23.2. The topological polar surface area (TPSA) is 67.9 Å². The second-order valence-corrected chi connectivity index (χ2v) is 13.3. The van der Waals surface area contributed by atoms with Crippen molar-refractivity contribution in [2.45, 2.75) is 37.9 Å². The Labute approximate surface area is 185 Å². The zero-order valence-corrected chi connectivity index (χ0v) is 19.9. The maximum absolute atomic E-state index is 12.3. The second kappa shape index (κ2) is 9.34. The van der Waals surface area contributed by atoms with Gasteiger partial charge in [0.25, 0.3) is 8.32 Å². The lowest BCUT2D eigenvalue weighted by molar-refractivity contribution is -0.154. The molecule has 1 aliphatic rings. The minimum atomic E-state index is -2.69. The molecule has 0 spiro atoms. The van der Waals surface area contributed by atoms with Crippen LogP contribution in [0.15, 0.2) is 60.7 Å². The Balaban J connectivity index is 1.98. The van der Waals surface area contributed by atoms with Crippen molar-refractivity contribution in [1.29, 1.82) is 0 Å². The number of hydrogen-bond acceptors (Lipinski definition) is 5. The van der Waals surface area contributed by atoms with Crippen LogP contribution in [0.3, 0.4) is 0 Å². The largest absolute Gasteiger partial charge is 0.467 e. The molecule has 0 aliphatic carbocycles. The fraction of sp³-hybridized carbons (Fsp3) is 0.417. The highest BCUT2D eigenvalue weighted by molar-refractivity contribution is 6.99. The molecule has 1 saturated heterocycles. The van der Waals surface area contributed by atoms with Crippen LogP contribution in [0.4, 0.5) is 0 Å². The molecule has 31 heavy (non-hydrogen) atoms. The first-order chi connectivity index (χ1) is 14.7. The number of likely N-dealkylation sites (N-methyl/N-ethyl adjacent to an activating group) is 1. The van der Waals surface area contributed by atoms with Gasteiger partial charge in [0.15, 0.2) is 6.04 Å². The van der Waals surface area contributed by atoms with Gasteiger partial charge in [0, 0.05) is 6.54 Å². The molecule has 2 atom stereocenters. The predicted molar refractivity (Wildman–Crippen MR) is 124 cm³/mol. The third-order valence-corrected chi connectivity index (χ3v) is 11.1. The molecule has 0 radical (unpaired) electrons. The number of hydrogen-bond donors (Lipinski definition) is 1. The quantitative estimate of drug-likeness (QED) is 0.419. The number of ether oxygens (including phenoxy) is 1. The van der Waals surface area contributed by atoms with E-state index in [1.54, 1.807) is 11.9 Å². The normalized spacial score (nSPS) is 20.2. The van der Waals surface area contributed by atoms with Gasteiger partial charge in [-0.2, -0.15) is 0 Å². The van der Waals surface area contributed by atoms with Crippen LogP contribution in [0.2, 0.25) is 5.04 Å². The lowest BCUT2D eigenvalue weighted by Crippen LogP contribution is -2.69. The molecule has 0 bridgehead atoms. The maximum atomic E-state index is 12.3. The van der Waals surface area contributed by atoms with Gasteiger partial charge in [0.2, 0.25) is 5.91 Å². The molecule has 1 aliphatic heterocycles. The summed E-state index contributed by atoms with van der Waals surface area (Å²) in [6.07, 6.45) is 0. The molecule has 7 heteroatoms. The molecule has 1 amide bonds. The molecule has 3 rings (SSSR count). The molecule has 0 aromatic heterocycles. The summed E-state index contributed by atoms with van der Waals surface area (Å²) in [5.74, 6) is -0.897. The van der Waals surface area contributed by atoms with E-state index in [0.29, 0.717) is 13.2 Å². The monoisotopic (exact) mass is 440 g/mol. The summed E-state index contributed by atoms with van der Waals surface area (Å²) in [6, 6.07) is 19.7. The van der Waals surface area contributed by atoms with Gasteiger partial charge in [-0.3, -0.25) is 9.69 Å². The van der Waals surface area contributed by atoms with Gasteiger partial charge in [0.05, 0.1) is 19.8 Å². The van der Waals surface area contributed by atoms with E-state index in [0.717, 1.165) is 0 Å². The molecule has 2 aromatic rings. The zero-order chi connectivity index (χ0) is 22.6. The Morgan fingerprint density at radius 2 is 1.58 bits per heavy atom. The fourth-order valence-corrected chi connectivity index (χ4v) is 9.00. The van der Waals surface area contributed by atoms with E-state index < -0.39 is 20.3 Å². The smallest absolute Gasteiger partial charge is 0.332 e. The molecular formula is C24H32N2O4Si. The Morgan fingerprint density at radius 1 is 1.06 bits per heavy atom. The van der Waals surface area contributed by atoms with Gasteiger partial charge in [0.1, 0.15) is 0 Å². The summed E-state index contributed by atoms with van der Waals surface area (Å²) in [5.41, 5.74) is 0. The van der Waals surface area contributed by atoms with Gasteiger partial charge >= 0.3 is 5.97 Å². The number of methoxy groups -OCH3 is 1. The van der Waals surface area contributed by atoms with Crippen LogP contribution in [0, 0.1) is 0 Å². The molecule has 1 N–H and O–H groups in total. The fourth-order valence-electron chi connectivity index (χ4n) is 4.40. The first-order valence-corrected chi connectivity index (χ1v) is 12.5. The first-order valence-electron chi connectivity index (χ1n) is 10.5. The minimum absolute atomic E-state index is 0.145. The van der Waals surface area contributed by atoms with Crippen LogP contribution in [0.1, 0.15) is 20.8 Å². The lowest BCUT2D eigenvalue weighted by atomic mass is 10.1. The second-order valence-electron chi connectivity index (χ2n) is 8.96. The Morgan fingerprint density at radius 3 is 2.03 bits per heavy atom. The summed E-state index contributed by atoms with van der Waals surface area (Å²) in [7, 11) is 0.382. The predicted octanol–water partition coefficient (Wildman–Crippen LogP) is 1.53. The van der Waals surface area contributed by atoms with E-state index in [2.05, 4.69) is 74.6 Å². The molecule has 1 heterocycles. The molecule has 6 nitrogen and oxygen atoms in total. The van der Waals surface area contributed by atoms with E-state index in [4.69, 9.17) is 9.16 Å². The number of nitrogens with zero attached hydrogens (tertiary/aromatic N) is 1. The van der Waals surface area contributed by atoms with Gasteiger partial charge in [-0.15, -0.1) is 0 Å². The van der Waals surface area contributed by atoms with Crippen LogP contribution in [-0.2, 0) is 18.8 Å². The summed E-state index contributed by atoms with van der Waals surface area (Å²) >= 11 is 0. The highest BCUT2D eigenvalue weighted by Gasteiger charge is 2.51. The molecule has 166 valence electrons. The Hall–Kier alpha value is -2.48. The third kappa shape index (κ3) is 4.44. The lowest BCUT2D eigenvalue weighted by Gasteiger charge is -2.45. The van der Waals surface area contributed by atoms with Crippen LogP contribution in [0.5, 0.6) is 0 Å². The van der Waals surface area contributed by atoms with Crippen LogP contribution in [0.25, 0.3) is 0 Å². The summed E-state index contributed by atoms with van der Waals surface area (Å²) < 4.78 is 11.8. The van der Waals surface area contributed by atoms with Crippen molar-refractivity contribution in [2.75, 3.05) is 27.3 Å². The molecule has 1 fully saturated rings. The van der Waals surface area contributed by atoms with Gasteiger partial charge < -0.3 is 14.5 Å². The van der Waals surface area contributed by atoms with Crippen molar-refractivity contribution in [2.24, 2.45) is 0 Å². The van der Waals surface area contributed by atoms with E-state index in [-0.39, 0.29) is 17.0 Å². The standard InChI is InChI=1S/C24H32N2O4Si/c1-24(2,3)31(19-12-8-6-9-13-19,20-14-10-7-11-15-20)30-17-18-16-25-22(27)21(26(18)4)23(28)29-5/h6-15,18,21H,16-17H2,1-5H3,(H,25,27)/t18-,21?/m1/s1. The van der Waals surface area contributed by atoms with Crippen molar-refractivity contribution in [3.8, 4) is 0 Å². The van der Waals surface area contributed by atoms with E-state index in [9.17, 15) is 9.59 Å². The van der Waals surface area contributed by atoms with E-state index in [1.165, 1.54) is 17.5 Å². The SMILES string of the molecule is COC(=O)C1C(=O)NC[C@H](CO[Si](c2ccccc2)(c2ccccc2)C(C)(C)C)N1C. The number of piperazine rings is 1. The van der Waals surface area contributed by atoms with Crippen molar-refractivity contribution < 1.29 is 18.8 Å². The highest BCUT2D eigenvalue weighted by atomic mass is 28.4. The summed E-state index contributed by atoms with van der Waals surface area (Å²) in [4.78, 5) is 26.2. The summed E-state index contributed by atoms with van der Waals surface area (Å²) in [5, 5.41) is 5.08. The van der Waals surface area contributed by atoms with Crippen molar-refractivity contribution in [3.63, 3.8) is 0 Å². The van der Waals surface area contributed by atoms with Crippen LogP contribution < -0.4 is 15.7 Å². The Bertz CT molecular complexity index is 851. The third-order valence-electron chi connectivity index (χ3n) is 6.08. The average Bonchev–Trinajstić information content (AvgIpc) is 2.76. The number of carbonyl (C=O) groups is 2. The van der Waals surface area contributed by atoms with Crippen molar-refractivity contribution >= 4 is 30.6 Å². The van der Waals surface area contributed by atoms with Gasteiger partial charge in [-0.05, 0) is 22.5 Å². The van der Waals surface area contributed by atoms with Crippen molar-refractivity contribution in [1.82, 2.24) is 10.2 Å². The molecular weight excluding hydrogens is 408 g/mol.